The monoisotopic (exact) mass is 322 g/mol. The molecule has 1 unspecified atom stereocenters. The lowest BCUT2D eigenvalue weighted by Crippen LogP contribution is -2.22. The van der Waals surface area contributed by atoms with Crippen molar-refractivity contribution in [1.82, 2.24) is 20.1 Å². The van der Waals surface area contributed by atoms with Gasteiger partial charge >= 0.3 is 0 Å². The van der Waals surface area contributed by atoms with Crippen LogP contribution in [-0.4, -0.2) is 21.3 Å². The third kappa shape index (κ3) is 3.88. The van der Waals surface area contributed by atoms with Crippen LogP contribution in [0.25, 0.3) is 0 Å². The molecule has 5 heteroatoms. The average molecular weight is 323 g/mol. The second-order valence-corrected chi connectivity index (χ2v) is 5.40. The van der Waals surface area contributed by atoms with Gasteiger partial charge in [0.2, 0.25) is 0 Å². The van der Waals surface area contributed by atoms with Crippen molar-refractivity contribution in [3.05, 3.63) is 46.5 Å². The topological polar surface area (TPSA) is 42.7 Å². The molecule has 0 aliphatic carbocycles. The molecule has 2 heterocycles. The van der Waals surface area contributed by atoms with Crippen LogP contribution in [0.2, 0.25) is 0 Å². The van der Waals surface area contributed by atoms with E-state index in [4.69, 9.17) is 0 Å². The number of aromatic nitrogens is 3. The van der Waals surface area contributed by atoms with E-state index in [1.807, 2.05) is 36.3 Å². The van der Waals surface area contributed by atoms with Crippen molar-refractivity contribution >= 4 is 15.9 Å². The molecule has 0 fully saturated rings. The van der Waals surface area contributed by atoms with Crippen molar-refractivity contribution in [1.29, 1.82) is 0 Å². The van der Waals surface area contributed by atoms with Gasteiger partial charge in [-0.2, -0.15) is 5.10 Å². The summed E-state index contributed by atoms with van der Waals surface area (Å²) in [7, 11) is 1.95. The first kappa shape index (κ1) is 14.2. The molecule has 0 aromatic carbocycles. The summed E-state index contributed by atoms with van der Waals surface area (Å²) in [6, 6.07) is 4.25. The molecule has 4 nitrogen and oxygen atoms in total. The summed E-state index contributed by atoms with van der Waals surface area (Å²) in [6.45, 7) is 3.05. The highest BCUT2D eigenvalue weighted by atomic mass is 79.9. The van der Waals surface area contributed by atoms with E-state index in [9.17, 15) is 0 Å². The molecule has 0 bridgehead atoms. The summed E-state index contributed by atoms with van der Waals surface area (Å²) >= 11 is 3.58. The highest BCUT2D eigenvalue weighted by Crippen LogP contribution is 2.24. The lowest BCUT2D eigenvalue weighted by molar-refractivity contribution is 0.502. The number of hydrogen-bond donors (Lipinski definition) is 1. The van der Waals surface area contributed by atoms with Crippen molar-refractivity contribution in [3.63, 3.8) is 0 Å². The van der Waals surface area contributed by atoms with Crippen LogP contribution >= 0.6 is 15.9 Å². The second-order valence-electron chi connectivity index (χ2n) is 4.54. The predicted molar refractivity (Wildman–Crippen MR) is 79.9 cm³/mol. The summed E-state index contributed by atoms with van der Waals surface area (Å²) < 4.78 is 2.90. The van der Waals surface area contributed by atoms with Crippen LogP contribution in [-0.2, 0) is 13.5 Å². The Kier molecular flexibility index (Phi) is 5.10. The molecule has 1 N–H and O–H groups in total. The van der Waals surface area contributed by atoms with E-state index in [1.165, 1.54) is 5.56 Å². The molecule has 0 amide bonds. The number of halogens is 1. The molecule has 0 saturated heterocycles. The summed E-state index contributed by atoms with van der Waals surface area (Å²) in [6.07, 6.45) is 7.84. The van der Waals surface area contributed by atoms with Crippen LogP contribution in [0.1, 0.15) is 30.6 Å². The van der Waals surface area contributed by atoms with Crippen molar-refractivity contribution in [2.45, 2.75) is 25.8 Å². The van der Waals surface area contributed by atoms with Gasteiger partial charge in [-0.3, -0.25) is 9.67 Å². The van der Waals surface area contributed by atoms with Gasteiger partial charge in [-0.25, -0.2) is 0 Å². The van der Waals surface area contributed by atoms with Gasteiger partial charge in [-0.1, -0.05) is 6.92 Å². The summed E-state index contributed by atoms with van der Waals surface area (Å²) in [5.41, 5.74) is 2.34. The van der Waals surface area contributed by atoms with Crippen LogP contribution in [0.4, 0.5) is 0 Å². The fourth-order valence-electron chi connectivity index (χ4n) is 2.15. The molecule has 0 spiro atoms. The van der Waals surface area contributed by atoms with Gasteiger partial charge in [-0.05, 0) is 53.0 Å². The molecule has 1 atom stereocenters. The molecule has 0 aliphatic heterocycles. The molecular weight excluding hydrogens is 304 g/mol. The first-order valence-corrected chi connectivity index (χ1v) is 7.31. The lowest BCUT2D eigenvalue weighted by Gasteiger charge is -2.18. The molecule has 2 aromatic rings. The van der Waals surface area contributed by atoms with Crippen LogP contribution in [0.5, 0.6) is 0 Å². The van der Waals surface area contributed by atoms with Gasteiger partial charge in [0.1, 0.15) is 0 Å². The molecule has 0 radical (unpaired) electrons. The third-order valence-electron chi connectivity index (χ3n) is 3.05. The minimum atomic E-state index is 0.265. The van der Waals surface area contributed by atoms with E-state index < -0.39 is 0 Å². The van der Waals surface area contributed by atoms with E-state index >= 15 is 0 Å². The molecule has 19 heavy (non-hydrogen) atoms. The van der Waals surface area contributed by atoms with Crippen LogP contribution < -0.4 is 5.32 Å². The maximum atomic E-state index is 4.48. The Morgan fingerprint density at radius 1 is 1.47 bits per heavy atom. The van der Waals surface area contributed by atoms with Gasteiger partial charge in [-0.15, -0.1) is 0 Å². The van der Waals surface area contributed by atoms with E-state index in [2.05, 4.69) is 44.4 Å². The molecule has 0 saturated carbocycles. The Morgan fingerprint density at radius 2 is 2.32 bits per heavy atom. The van der Waals surface area contributed by atoms with Crippen LogP contribution in [0, 0.1) is 0 Å². The number of hydrogen-bond acceptors (Lipinski definition) is 3. The van der Waals surface area contributed by atoms with Crippen LogP contribution in [0.3, 0.4) is 0 Å². The first-order valence-electron chi connectivity index (χ1n) is 6.52. The molecule has 0 aliphatic rings. The maximum absolute atomic E-state index is 4.48. The predicted octanol–water partition coefficient (Wildman–Crippen LogP) is 2.86. The number of aryl methyl sites for hydroxylation is 2. The standard InChI is InChI=1S/C14H19BrN4/c1-3-16-13(14-12(15)5-4-8-17-14)7-6-11-9-18-19(2)10-11/h4-5,8-10,13,16H,3,6-7H2,1-2H3. The Bertz CT molecular complexity index is 524. The summed E-state index contributed by atoms with van der Waals surface area (Å²) in [5, 5.41) is 7.70. The molecular formula is C14H19BrN4. The highest BCUT2D eigenvalue weighted by Gasteiger charge is 2.15. The Hall–Kier alpha value is -1.20. The quantitative estimate of drug-likeness (QED) is 0.889. The van der Waals surface area contributed by atoms with Crippen LogP contribution in [0.15, 0.2) is 35.2 Å². The smallest absolute Gasteiger partial charge is 0.0714 e. The van der Waals surface area contributed by atoms with Crippen molar-refractivity contribution in [2.75, 3.05) is 6.54 Å². The maximum Gasteiger partial charge on any atom is 0.0714 e. The Labute approximate surface area is 122 Å². The lowest BCUT2D eigenvalue weighted by atomic mass is 10.0. The molecule has 2 rings (SSSR count). The fraction of sp³-hybridized carbons (Fsp3) is 0.429. The van der Waals surface area contributed by atoms with Gasteiger partial charge in [0, 0.05) is 23.9 Å². The zero-order chi connectivity index (χ0) is 13.7. The SMILES string of the molecule is CCNC(CCc1cnn(C)c1)c1ncccc1Br. The van der Waals surface area contributed by atoms with E-state index in [1.54, 1.807) is 0 Å². The van der Waals surface area contributed by atoms with Gasteiger partial charge in [0.25, 0.3) is 0 Å². The third-order valence-corrected chi connectivity index (χ3v) is 3.72. The van der Waals surface area contributed by atoms with Gasteiger partial charge in [0.15, 0.2) is 0 Å². The second kappa shape index (κ2) is 6.82. The Morgan fingerprint density at radius 3 is 2.95 bits per heavy atom. The number of nitrogens with zero attached hydrogens (tertiary/aromatic N) is 3. The van der Waals surface area contributed by atoms with E-state index in [0.29, 0.717) is 0 Å². The Balaban J connectivity index is 2.06. The molecule has 102 valence electrons. The average Bonchev–Trinajstić information content (AvgIpc) is 2.81. The zero-order valence-electron chi connectivity index (χ0n) is 11.3. The summed E-state index contributed by atoms with van der Waals surface area (Å²) in [4.78, 5) is 4.48. The van der Waals surface area contributed by atoms with Gasteiger partial charge in [0.05, 0.1) is 17.9 Å². The number of pyridine rings is 1. The minimum absolute atomic E-state index is 0.265. The zero-order valence-corrected chi connectivity index (χ0v) is 12.9. The van der Waals surface area contributed by atoms with Crippen molar-refractivity contribution in [2.24, 2.45) is 7.05 Å². The number of nitrogens with one attached hydrogen (secondary N) is 1. The van der Waals surface area contributed by atoms with Gasteiger partial charge < -0.3 is 5.32 Å². The van der Waals surface area contributed by atoms with E-state index in [-0.39, 0.29) is 6.04 Å². The largest absolute Gasteiger partial charge is 0.309 e. The fourth-order valence-corrected chi connectivity index (χ4v) is 2.68. The molecule has 2 aromatic heterocycles. The highest BCUT2D eigenvalue weighted by molar-refractivity contribution is 9.10. The summed E-state index contributed by atoms with van der Waals surface area (Å²) in [5.74, 6) is 0. The normalized spacial score (nSPS) is 12.6. The minimum Gasteiger partial charge on any atom is -0.309 e. The van der Waals surface area contributed by atoms with E-state index in [0.717, 1.165) is 29.6 Å². The number of rotatable bonds is 6. The first-order chi connectivity index (χ1) is 9.20. The van der Waals surface area contributed by atoms with Crippen molar-refractivity contribution < 1.29 is 0 Å². The van der Waals surface area contributed by atoms with Crippen molar-refractivity contribution in [3.8, 4) is 0 Å².